The molecule has 166 valence electrons. The number of hydrogen-bond donors (Lipinski definition) is 1. The van der Waals surface area contributed by atoms with E-state index in [-0.39, 0.29) is 19.6 Å². The summed E-state index contributed by atoms with van der Waals surface area (Å²) in [6.07, 6.45) is -2.45. The number of phosphoric acid groups is 1. The Morgan fingerprint density at radius 1 is 1.27 bits per heavy atom. The molecule has 1 N–H and O–H groups in total. The molecular formula is C19H26NO9P. The Morgan fingerprint density at radius 2 is 1.93 bits per heavy atom. The molecule has 1 aromatic carbocycles. The van der Waals surface area contributed by atoms with Gasteiger partial charge in [0.05, 0.1) is 25.7 Å². The summed E-state index contributed by atoms with van der Waals surface area (Å²) >= 11 is 0. The van der Waals surface area contributed by atoms with Crippen molar-refractivity contribution in [3.63, 3.8) is 0 Å². The molecule has 0 aromatic heterocycles. The van der Waals surface area contributed by atoms with Crippen molar-refractivity contribution in [2.45, 2.75) is 39.6 Å². The molecule has 30 heavy (non-hydrogen) atoms. The summed E-state index contributed by atoms with van der Waals surface area (Å²) in [6.45, 7) is 4.68. The van der Waals surface area contributed by atoms with Crippen LogP contribution in [0.15, 0.2) is 30.3 Å². The Kier molecular flexibility index (Phi) is 8.14. The average molecular weight is 443 g/mol. The zero-order valence-electron chi connectivity index (χ0n) is 17.3. The molecule has 1 aliphatic rings. The number of nitrogens with one attached hydrogen (secondary N) is 1. The monoisotopic (exact) mass is 443 g/mol. The molecule has 1 amide bonds. The maximum absolute atomic E-state index is 12.9. The van der Waals surface area contributed by atoms with Gasteiger partial charge in [-0.15, -0.1) is 0 Å². The zero-order chi connectivity index (χ0) is 22.4. The molecule has 11 heteroatoms. The first-order valence-electron chi connectivity index (χ1n) is 9.28. The second kappa shape index (κ2) is 10.2. The van der Waals surface area contributed by atoms with Crippen LogP contribution in [-0.2, 0) is 37.2 Å². The quantitative estimate of drug-likeness (QED) is 0.366. The fourth-order valence-corrected chi connectivity index (χ4v) is 4.27. The molecule has 2 unspecified atom stereocenters. The maximum atomic E-state index is 12.9. The molecule has 0 radical (unpaired) electrons. The number of methoxy groups -OCH3 is 1. The van der Waals surface area contributed by atoms with Crippen LogP contribution >= 0.6 is 7.82 Å². The first-order chi connectivity index (χ1) is 14.1. The van der Waals surface area contributed by atoms with Crippen LogP contribution in [0.5, 0.6) is 0 Å². The number of benzene rings is 1. The van der Waals surface area contributed by atoms with Crippen LogP contribution in [-0.4, -0.2) is 50.5 Å². The van der Waals surface area contributed by atoms with E-state index in [2.05, 4.69) is 10.1 Å². The average Bonchev–Trinajstić information content (AvgIpc) is 2.70. The van der Waals surface area contributed by atoms with Crippen LogP contribution < -0.4 is 5.32 Å². The Morgan fingerprint density at radius 3 is 2.57 bits per heavy atom. The number of rotatable bonds is 8. The summed E-state index contributed by atoms with van der Waals surface area (Å²) in [5.74, 6) is -1.74. The molecule has 1 aliphatic heterocycles. The second-order valence-corrected chi connectivity index (χ2v) is 8.83. The van der Waals surface area contributed by atoms with Crippen LogP contribution in [0, 0.1) is 5.41 Å². The number of carbonyl (C=O) groups excluding carboxylic acids is 3. The van der Waals surface area contributed by atoms with Crippen molar-refractivity contribution in [2.75, 3.05) is 20.3 Å². The number of phosphoric ester groups is 1. The molecule has 3 atom stereocenters. The number of ether oxygens (including phenoxy) is 2. The van der Waals surface area contributed by atoms with Gasteiger partial charge in [-0.1, -0.05) is 32.0 Å². The van der Waals surface area contributed by atoms with E-state index < -0.39 is 43.5 Å². The summed E-state index contributed by atoms with van der Waals surface area (Å²) in [6, 6.07) is 8.20. The van der Waals surface area contributed by atoms with Gasteiger partial charge in [-0.05, 0) is 19.1 Å². The Hall–Kier alpha value is -2.26. The van der Waals surface area contributed by atoms with Crippen molar-refractivity contribution >= 4 is 25.7 Å². The van der Waals surface area contributed by atoms with Crippen LogP contribution in [0.25, 0.3) is 0 Å². The van der Waals surface area contributed by atoms with Gasteiger partial charge in [-0.25, -0.2) is 13.9 Å². The van der Waals surface area contributed by atoms with Gasteiger partial charge in [0.2, 0.25) is 12.2 Å². The van der Waals surface area contributed by atoms with Gasteiger partial charge in [0, 0.05) is 12.0 Å². The van der Waals surface area contributed by atoms with Crippen molar-refractivity contribution in [1.29, 1.82) is 0 Å². The number of hydrogen-bond acceptors (Lipinski definition) is 9. The molecule has 0 spiro atoms. The minimum Gasteiger partial charge on any atom is -0.469 e. The SMILES string of the molecule is COC(=O)CCNC(=O)[C@@H]1OP(=O)(OC(C)OC(=O)c2ccccc2)OCC1(C)C. The second-order valence-electron chi connectivity index (χ2n) is 7.26. The van der Waals surface area contributed by atoms with Gasteiger partial charge in [-0.3, -0.25) is 18.6 Å². The van der Waals surface area contributed by atoms with Gasteiger partial charge in [0.25, 0.3) is 0 Å². The van der Waals surface area contributed by atoms with Crippen molar-refractivity contribution < 1.29 is 42.0 Å². The van der Waals surface area contributed by atoms with Gasteiger partial charge < -0.3 is 14.8 Å². The highest BCUT2D eigenvalue weighted by molar-refractivity contribution is 7.48. The van der Waals surface area contributed by atoms with E-state index in [9.17, 15) is 18.9 Å². The lowest BCUT2D eigenvalue weighted by Crippen LogP contribution is -2.50. The Balaban J connectivity index is 1.97. The van der Waals surface area contributed by atoms with Crippen LogP contribution in [0.4, 0.5) is 0 Å². The summed E-state index contributed by atoms with van der Waals surface area (Å²) < 4.78 is 38.4. The normalized spacial score (nSPS) is 23.8. The lowest BCUT2D eigenvalue weighted by Gasteiger charge is -2.39. The summed E-state index contributed by atoms with van der Waals surface area (Å²) in [4.78, 5) is 35.8. The van der Waals surface area contributed by atoms with Crippen LogP contribution in [0.1, 0.15) is 37.6 Å². The lowest BCUT2D eigenvalue weighted by molar-refractivity contribution is -0.146. The third-order valence-corrected chi connectivity index (χ3v) is 5.66. The third-order valence-electron chi connectivity index (χ3n) is 4.19. The van der Waals surface area contributed by atoms with E-state index in [1.54, 1.807) is 44.2 Å². The van der Waals surface area contributed by atoms with Crippen LogP contribution in [0.3, 0.4) is 0 Å². The van der Waals surface area contributed by atoms with Crippen molar-refractivity contribution in [3.05, 3.63) is 35.9 Å². The first-order valence-corrected chi connectivity index (χ1v) is 10.7. The molecule has 0 bridgehead atoms. The summed E-state index contributed by atoms with van der Waals surface area (Å²) in [7, 11) is -2.95. The Labute approximate surface area is 174 Å². The topological polar surface area (TPSA) is 126 Å². The van der Waals surface area contributed by atoms with Gasteiger partial charge >= 0.3 is 19.8 Å². The number of amides is 1. The fourth-order valence-electron chi connectivity index (χ4n) is 2.56. The van der Waals surface area contributed by atoms with Gasteiger partial charge in [0.1, 0.15) is 0 Å². The largest absolute Gasteiger partial charge is 0.478 e. The highest BCUT2D eigenvalue weighted by Gasteiger charge is 2.50. The van der Waals surface area contributed by atoms with Crippen molar-refractivity contribution in [3.8, 4) is 0 Å². The number of carbonyl (C=O) groups is 3. The van der Waals surface area contributed by atoms with Crippen molar-refractivity contribution in [2.24, 2.45) is 5.41 Å². The standard InChI is InChI=1S/C19H26NO9P/c1-13(27-18(23)14-8-6-5-7-9-14)28-30(24)26-12-19(2,3)16(29-30)17(22)20-11-10-15(21)25-4/h5-9,13,16H,10-12H2,1-4H3,(H,20,22)/t13?,16-,30?/m0/s1. The molecule has 1 fully saturated rings. The molecule has 1 heterocycles. The number of esters is 2. The molecule has 2 rings (SSSR count). The maximum Gasteiger partial charge on any atom is 0.478 e. The minimum atomic E-state index is -4.19. The van der Waals surface area contributed by atoms with E-state index in [0.717, 1.165) is 0 Å². The van der Waals surface area contributed by atoms with Crippen LogP contribution in [0.2, 0.25) is 0 Å². The van der Waals surface area contributed by atoms with E-state index in [1.165, 1.54) is 14.0 Å². The smallest absolute Gasteiger partial charge is 0.469 e. The van der Waals surface area contributed by atoms with Gasteiger partial charge in [-0.2, -0.15) is 0 Å². The van der Waals surface area contributed by atoms with E-state index in [4.69, 9.17) is 18.3 Å². The Bertz CT molecular complexity index is 811. The predicted molar refractivity (Wildman–Crippen MR) is 104 cm³/mol. The third kappa shape index (κ3) is 6.63. The lowest BCUT2D eigenvalue weighted by atomic mass is 9.87. The van der Waals surface area contributed by atoms with E-state index in [0.29, 0.717) is 5.56 Å². The molecule has 10 nitrogen and oxygen atoms in total. The first kappa shape index (κ1) is 24.0. The van der Waals surface area contributed by atoms with Gasteiger partial charge in [0.15, 0.2) is 6.10 Å². The fraction of sp³-hybridized carbons (Fsp3) is 0.526. The molecule has 1 aromatic rings. The molecular weight excluding hydrogens is 417 g/mol. The molecule has 1 saturated heterocycles. The van der Waals surface area contributed by atoms with E-state index in [1.807, 2.05) is 0 Å². The van der Waals surface area contributed by atoms with E-state index >= 15 is 0 Å². The highest BCUT2D eigenvalue weighted by Crippen LogP contribution is 2.58. The molecule has 0 aliphatic carbocycles. The summed E-state index contributed by atoms with van der Waals surface area (Å²) in [5.41, 5.74) is -0.531. The van der Waals surface area contributed by atoms with Crippen molar-refractivity contribution in [1.82, 2.24) is 5.32 Å². The highest BCUT2D eigenvalue weighted by atomic mass is 31.2. The zero-order valence-corrected chi connectivity index (χ0v) is 18.2. The minimum absolute atomic E-state index is 0.0213. The summed E-state index contributed by atoms with van der Waals surface area (Å²) in [5, 5.41) is 2.54. The molecule has 0 saturated carbocycles. The predicted octanol–water partition coefficient (Wildman–Crippen LogP) is 2.44.